The fourth-order valence-corrected chi connectivity index (χ4v) is 4.19. The first-order valence-corrected chi connectivity index (χ1v) is 10.2. The quantitative estimate of drug-likeness (QED) is 0.556. The summed E-state index contributed by atoms with van der Waals surface area (Å²) < 4.78 is 7.85. The molecule has 4 rings (SSSR count). The van der Waals surface area contributed by atoms with Gasteiger partial charge in [-0.2, -0.15) is 0 Å². The maximum Gasteiger partial charge on any atom is 0.209 e. The van der Waals surface area contributed by atoms with E-state index in [0.29, 0.717) is 0 Å². The molecule has 1 fully saturated rings. The first kappa shape index (κ1) is 20.8. The van der Waals surface area contributed by atoms with Crippen molar-refractivity contribution in [3.63, 3.8) is 0 Å². The largest absolute Gasteiger partial charge is 0.378 e. The van der Waals surface area contributed by atoms with Gasteiger partial charge in [0.25, 0.3) is 0 Å². The van der Waals surface area contributed by atoms with E-state index in [2.05, 4.69) is 78.3 Å². The number of rotatable bonds is 3. The van der Waals surface area contributed by atoms with Crippen molar-refractivity contribution in [3.8, 4) is 11.3 Å². The van der Waals surface area contributed by atoms with Crippen molar-refractivity contribution >= 4 is 34.0 Å². The topological polar surface area (TPSA) is 29.8 Å². The monoisotopic (exact) mass is 459 g/mol. The molecule has 0 amide bonds. The third-order valence-corrected chi connectivity index (χ3v) is 5.70. The molecule has 1 aliphatic heterocycles. The maximum absolute atomic E-state index is 5.57. The second-order valence-electron chi connectivity index (χ2n) is 7.05. The van der Waals surface area contributed by atoms with E-state index >= 15 is 0 Å². The number of hydrogen-bond donors (Lipinski definition) is 0. The molecule has 0 bridgehead atoms. The molecule has 0 spiro atoms. The molecular formula is C22H26BrN3OS. The fraction of sp³-hybridized carbons (Fsp3) is 0.318. The Labute approximate surface area is 180 Å². The predicted octanol–water partition coefficient (Wildman–Crippen LogP) is 4.92. The van der Waals surface area contributed by atoms with Crippen LogP contribution in [-0.2, 0) is 4.74 Å². The molecule has 0 N–H and O–H groups in total. The molecule has 0 saturated carbocycles. The summed E-state index contributed by atoms with van der Waals surface area (Å²) in [6.07, 6.45) is 0. The summed E-state index contributed by atoms with van der Waals surface area (Å²) in [5.41, 5.74) is 7.13. The van der Waals surface area contributed by atoms with Crippen molar-refractivity contribution in [1.29, 1.82) is 0 Å². The molecular weight excluding hydrogens is 434 g/mol. The van der Waals surface area contributed by atoms with Gasteiger partial charge >= 0.3 is 0 Å². The SMILES string of the molecule is Br.Cc1ccc(-c2csc(=Nc3cc(C)ccc3C)n2N2CCOCC2)cc1. The summed E-state index contributed by atoms with van der Waals surface area (Å²) in [5.74, 6) is 0. The second-order valence-corrected chi connectivity index (χ2v) is 7.89. The van der Waals surface area contributed by atoms with E-state index in [1.54, 1.807) is 11.3 Å². The highest BCUT2D eigenvalue weighted by molar-refractivity contribution is 8.93. The molecule has 4 nitrogen and oxygen atoms in total. The molecule has 6 heteroatoms. The number of halogens is 1. The highest BCUT2D eigenvalue weighted by Crippen LogP contribution is 2.23. The third-order valence-electron chi connectivity index (χ3n) is 4.88. The van der Waals surface area contributed by atoms with E-state index < -0.39 is 0 Å². The average Bonchev–Trinajstić information content (AvgIpc) is 3.09. The van der Waals surface area contributed by atoms with Gasteiger partial charge in [-0.25, -0.2) is 9.67 Å². The number of ether oxygens (including phenoxy) is 1. The van der Waals surface area contributed by atoms with Crippen LogP contribution in [0.3, 0.4) is 0 Å². The molecule has 2 heterocycles. The molecule has 2 aromatic carbocycles. The van der Waals surface area contributed by atoms with E-state index in [-0.39, 0.29) is 17.0 Å². The van der Waals surface area contributed by atoms with Gasteiger partial charge in [-0.3, -0.25) is 0 Å². The summed E-state index contributed by atoms with van der Waals surface area (Å²) in [5, 5.41) is 4.56. The molecule has 1 aliphatic rings. The highest BCUT2D eigenvalue weighted by atomic mass is 79.9. The number of hydrogen-bond acceptors (Lipinski definition) is 4. The number of benzene rings is 2. The molecule has 148 valence electrons. The minimum atomic E-state index is 0. The van der Waals surface area contributed by atoms with Gasteiger partial charge in [-0.15, -0.1) is 28.3 Å². The molecule has 1 aromatic heterocycles. The van der Waals surface area contributed by atoms with Gasteiger partial charge in [0, 0.05) is 10.9 Å². The highest BCUT2D eigenvalue weighted by Gasteiger charge is 2.17. The lowest BCUT2D eigenvalue weighted by Gasteiger charge is -2.31. The summed E-state index contributed by atoms with van der Waals surface area (Å²) in [4.78, 5) is 6.04. The smallest absolute Gasteiger partial charge is 0.209 e. The van der Waals surface area contributed by atoms with Crippen molar-refractivity contribution in [2.24, 2.45) is 4.99 Å². The Balaban J connectivity index is 0.00000225. The molecule has 0 atom stereocenters. The third kappa shape index (κ3) is 4.40. The average molecular weight is 460 g/mol. The van der Waals surface area contributed by atoms with Crippen LogP contribution >= 0.6 is 28.3 Å². The summed E-state index contributed by atoms with van der Waals surface area (Å²) >= 11 is 1.69. The van der Waals surface area contributed by atoms with E-state index in [0.717, 1.165) is 36.8 Å². The van der Waals surface area contributed by atoms with Crippen LogP contribution in [0.4, 0.5) is 5.69 Å². The Bertz CT molecular complexity index is 1000. The normalized spacial score (nSPS) is 14.8. The zero-order valence-electron chi connectivity index (χ0n) is 16.5. The van der Waals surface area contributed by atoms with Crippen LogP contribution in [0.5, 0.6) is 0 Å². The summed E-state index contributed by atoms with van der Waals surface area (Å²) in [6.45, 7) is 9.59. The number of aryl methyl sites for hydroxylation is 3. The van der Waals surface area contributed by atoms with Crippen LogP contribution in [0.25, 0.3) is 11.3 Å². The zero-order valence-corrected chi connectivity index (χ0v) is 19.0. The Morgan fingerprint density at radius 1 is 0.929 bits per heavy atom. The number of morpholine rings is 1. The van der Waals surface area contributed by atoms with Gasteiger partial charge in [0.15, 0.2) is 0 Å². The van der Waals surface area contributed by atoms with Crippen molar-refractivity contribution in [2.45, 2.75) is 20.8 Å². The minimum Gasteiger partial charge on any atom is -0.378 e. The van der Waals surface area contributed by atoms with Crippen molar-refractivity contribution in [1.82, 2.24) is 4.68 Å². The van der Waals surface area contributed by atoms with Crippen LogP contribution in [0.2, 0.25) is 0 Å². The lowest BCUT2D eigenvalue weighted by atomic mass is 10.1. The van der Waals surface area contributed by atoms with Gasteiger partial charge in [-0.1, -0.05) is 42.0 Å². The van der Waals surface area contributed by atoms with Crippen LogP contribution in [-0.4, -0.2) is 31.0 Å². The second kappa shape index (κ2) is 9.07. The Kier molecular flexibility index (Phi) is 6.75. The van der Waals surface area contributed by atoms with Crippen molar-refractivity contribution in [2.75, 3.05) is 31.3 Å². The predicted molar refractivity (Wildman–Crippen MR) is 123 cm³/mol. The van der Waals surface area contributed by atoms with Gasteiger partial charge in [-0.05, 0) is 38.0 Å². The molecule has 28 heavy (non-hydrogen) atoms. The van der Waals surface area contributed by atoms with Crippen molar-refractivity contribution < 1.29 is 4.74 Å². The fourth-order valence-electron chi connectivity index (χ4n) is 3.27. The Hall–Kier alpha value is -1.89. The van der Waals surface area contributed by atoms with E-state index in [9.17, 15) is 0 Å². The molecule has 0 radical (unpaired) electrons. The van der Waals surface area contributed by atoms with E-state index in [1.807, 2.05) is 0 Å². The molecule has 0 aliphatic carbocycles. The van der Waals surface area contributed by atoms with Crippen LogP contribution in [0, 0.1) is 20.8 Å². The molecule has 0 unspecified atom stereocenters. The molecule has 3 aromatic rings. The van der Waals surface area contributed by atoms with Crippen LogP contribution in [0.15, 0.2) is 52.8 Å². The number of nitrogens with zero attached hydrogens (tertiary/aromatic N) is 3. The first-order chi connectivity index (χ1) is 13.1. The van der Waals surface area contributed by atoms with Gasteiger partial charge in [0.05, 0.1) is 37.7 Å². The summed E-state index contributed by atoms with van der Waals surface area (Å²) in [7, 11) is 0. The van der Waals surface area contributed by atoms with Crippen molar-refractivity contribution in [3.05, 3.63) is 69.3 Å². The lowest BCUT2D eigenvalue weighted by Crippen LogP contribution is -2.48. The number of aromatic nitrogens is 1. The minimum absolute atomic E-state index is 0. The van der Waals surface area contributed by atoms with Crippen LogP contribution < -0.4 is 9.81 Å². The first-order valence-electron chi connectivity index (χ1n) is 9.34. The Morgan fingerprint density at radius 3 is 2.32 bits per heavy atom. The Morgan fingerprint density at radius 2 is 1.61 bits per heavy atom. The molecule has 1 saturated heterocycles. The van der Waals surface area contributed by atoms with E-state index in [1.165, 1.54) is 27.9 Å². The summed E-state index contributed by atoms with van der Waals surface area (Å²) in [6, 6.07) is 15.1. The van der Waals surface area contributed by atoms with E-state index in [4.69, 9.17) is 9.73 Å². The zero-order chi connectivity index (χ0) is 18.8. The van der Waals surface area contributed by atoms with Gasteiger partial charge in [0.2, 0.25) is 4.80 Å². The lowest BCUT2D eigenvalue weighted by molar-refractivity contribution is 0.111. The van der Waals surface area contributed by atoms with Gasteiger partial charge < -0.3 is 9.75 Å². The number of thiazole rings is 1. The van der Waals surface area contributed by atoms with Gasteiger partial charge in [0.1, 0.15) is 0 Å². The standard InChI is InChI=1S/C22H25N3OS.BrH/c1-16-5-8-19(9-6-16)21-15-27-22(25(21)24-10-12-26-13-11-24)23-20-14-17(2)4-7-18(20)3;/h4-9,14-15H,10-13H2,1-3H3;1H. The maximum atomic E-state index is 5.57. The van der Waals surface area contributed by atoms with Crippen LogP contribution in [0.1, 0.15) is 16.7 Å².